The van der Waals surface area contributed by atoms with Gasteiger partial charge in [0.15, 0.2) is 22.6 Å². The number of para-hydroxylation sites is 1. The zero-order valence-electron chi connectivity index (χ0n) is 82.9. The number of aromatic nitrogens is 16. The number of likely N-dealkylation sites (N-methyl/N-ethyl adjacent to an activating group) is 1. The van der Waals surface area contributed by atoms with Crippen LogP contribution >= 0.6 is 0 Å². The molecule has 139 heavy (non-hydrogen) atoms. The van der Waals surface area contributed by atoms with Gasteiger partial charge in [-0.05, 0) is 220 Å². The topological polar surface area (TPSA) is 411 Å². The Morgan fingerprint density at radius 2 is 0.871 bits per heavy atom. The lowest BCUT2D eigenvalue weighted by Gasteiger charge is -2.36. The molecule has 0 saturated carbocycles. The molecule has 748 valence electrons. The Bertz CT molecular complexity index is 6340. The third-order valence-electron chi connectivity index (χ3n) is 27.0. The van der Waals surface area contributed by atoms with Crippen molar-refractivity contribution in [1.29, 1.82) is 0 Å². The van der Waals surface area contributed by atoms with E-state index in [-0.39, 0.29) is 90.2 Å². The van der Waals surface area contributed by atoms with Crippen molar-refractivity contribution >= 4 is 72.1 Å². The summed E-state index contributed by atoms with van der Waals surface area (Å²) in [6.07, 6.45) is 18.7. The van der Waals surface area contributed by atoms with Crippen molar-refractivity contribution in [2.75, 3.05) is 146 Å². The summed E-state index contributed by atoms with van der Waals surface area (Å²) in [6.45, 7) is 36.4. The van der Waals surface area contributed by atoms with Crippen molar-refractivity contribution in [1.82, 2.24) is 108 Å². The number of piperidine rings is 4. The molecule has 0 aliphatic carbocycles. The van der Waals surface area contributed by atoms with Gasteiger partial charge in [0.1, 0.15) is 36.4 Å². The average molecular weight is 1950 g/mol. The van der Waals surface area contributed by atoms with Gasteiger partial charge in [-0.15, -0.1) is 0 Å². The van der Waals surface area contributed by atoms with Crippen molar-refractivity contribution in [2.45, 2.75) is 242 Å². The summed E-state index contributed by atoms with van der Waals surface area (Å²) in [7, 11) is -2.05. The van der Waals surface area contributed by atoms with E-state index in [4.69, 9.17) is 58.1 Å². The Labute approximate surface area is 815 Å². The van der Waals surface area contributed by atoms with Gasteiger partial charge in [-0.3, -0.25) is 0 Å². The first-order chi connectivity index (χ1) is 67.1. The van der Waals surface area contributed by atoms with Crippen LogP contribution in [0.25, 0.3) is 22.6 Å². The predicted octanol–water partition coefficient (Wildman–Crippen LogP) is 13.6. The molecule has 1 spiro atoms. The van der Waals surface area contributed by atoms with E-state index in [1.54, 1.807) is 57.4 Å². The Kier molecular flexibility index (Phi) is 32.8. The number of rotatable bonds is 33. The van der Waals surface area contributed by atoms with E-state index >= 15 is 0 Å². The molecule has 40 heteroatoms. The minimum Gasteiger partial charge on any atom is -0.497 e. The summed E-state index contributed by atoms with van der Waals surface area (Å²) in [5, 5.41) is 45.2. The van der Waals surface area contributed by atoms with E-state index in [0.29, 0.717) is 102 Å². The number of fused-ring (bicyclic) bond motifs is 4. The summed E-state index contributed by atoms with van der Waals surface area (Å²) in [6, 6.07) is 32.4. The van der Waals surface area contributed by atoms with Gasteiger partial charge in [0, 0.05) is 87.2 Å². The summed E-state index contributed by atoms with van der Waals surface area (Å²) < 4.78 is 104. The van der Waals surface area contributed by atoms with Gasteiger partial charge in [0.05, 0.1) is 85.5 Å². The van der Waals surface area contributed by atoms with Gasteiger partial charge < -0.3 is 80.6 Å². The highest BCUT2D eigenvalue weighted by molar-refractivity contribution is 7.89. The third kappa shape index (κ3) is 23.9. The average Bonchev–Trinajstić information content (AvgIpc) is 1.65. The summed E-state index contributed by atoms with van der Waals surface area (Å²) in [5.41, 5.74) is 12.3. The molecule has 7 fully saturated rings. The maximum absolute atomic E-state index is 13.4. The molecule has 8 N–H and O–H groups in total. The summed E-state index contributed by atoms with van der Waals surface area (Å²) >= 11 is 0. The van der Waals surface area contributed by atoms with Crippen LogP contribution in [0.3, 0.4) is 0 Å². The van der Waals surface area contributed by atoms with Crippen molar-refractivity contribution in [3.63, 3.8) is 0 Å². The number of nitrogens with zero attached hydrogens (tertiary/aromatic N) is 19. The monoisotopic (exact) mass is 1950 g/mol. The van der Waals surface area contributed by atoms with Gasteiger partial charge in [-0.1, -0.05) is 116 Å². The highest BCUT2D eigenvalue weighted by atomic mass is 32.2. The molecule has 7 aliphatic heterocycles. The molecule has 7 aliphatic rings. The van der Waals surface area contributed by atoms with E-state index in [0.717, 1.165) is 179 Å². The maximum Gasteiger partial charge on any atom is 0.322 e. The normalized spacial score (nSPS) is 19.1. The Hall–Kier alpha value is -11.5. The van der Waals surface area contributed by atoms with Crippen LogP contribution in [0, 0.1) is 0 Å². The van der Waals surface area contributed by atoms with Crippen molar-refractivity contribution in [3.8, 4) is 35.5 Å². The van der Waals surface area contributed by atoms with Gasteiger partial charge >= 0.3 is 24.0 Å². The molecule has 8 aromatic heterocycles. The van der Waals surface area contributed by atoms with E-state index in [9.17, 15) is 16.8 Å². The lowest BCUT2D eigenvalue weighted by Crippen LogP contribution is -2.43. The molecule has 15 heterocycles. The largest absolute Gasteiger partial charge is 0.497 e. The SMILES string of the molecule is CC(C)c1cnn2c(NC(C)c3ccccc3N3CCC3)nc(O[C@@H]3CCCNC3)nc12.CC(C)c1cnn2c(NC(C)c3ccccc3S(=O)(=O)N3CCCC3)nc(O[C@@H]3CCCNC3)nc12.COc1cccc([C@H](C)Nc2nc(OC3COC4(CCNCC4)C3)nc3c(C(C)C)cnn23)c1.COc1cccc([C@H](C)Nc2nc(OCCN(C)S(=O)(=O)C3CCNCC3)nc3c(C(C)C)cnn23)c1. The van der Waals surface area contributed by atoms with Gasteiger partial charge in [-0.25, -0.2) is 21.1 Å². The van der Waals surface area contributed by atoms with E-state index in [2.05, 4.69) is 182 Å². The number of sulfonamides is 2. The van der Waals surface area contributed by atoms with E-state index in [1.165, 1.54) is 22.0 Å². The molecule has 7 atom stereocenters. The van der Waals surface area contributed by atoms with Crippen molar-refractivity contribution < 1.29 is 50.0 Å². The maximum atomic E-state index is 13.4. The lowest BCUT2D eigenvalue weighted by atomic mass is 9.89. The number of hydrogen-bond donors (Lipinski definition) is 8. The second-order valence-electron chi connectivity index (χ2n) is 38.4. The fourth-order valence-corrected chi connectivity index (χ4v) is 22.1. The molecule has 0 bridgehead atoms. The number of nitrogens with one attached hydrogen (secondary N) is 8. The first kappa shape index (κ1) is 100. The first-order valence-electron chi connectivity index (χ1n) is 49.5. The van der Waals surface area contributed by atoms with Gasteiger partial charge in [-0.2, -0.15) is 82.6 Å². The molecule has 4 aromatic carbocycles. The fourth-order valence-electron chi connectivity index (χ4n) is 18.6. The molecular formula is C99H139N27O11S2. The minimum atomic E-state index is -3.58. The Morgan fingerprint density at radius 3 is 1.32 bits per heavy atom. The van der Waals surface area contributed by atoms with Gasteiger partial charge in [0.2, 0.25) is 43.8 Å². The van der Waals surface area contributed by atoms with Crippen LogP contribution in [0.2, 0.25) is 0 Å². The molecule has 19 rings (SSSR count). The number of anilines is 5. The highest BCUT2D eigenvalue weighted by Crippen LogP contribution is 2.40. The Balaban J connectivity index is 0.000000134. The molecule has 0 radical (unpaired) electrons. The number of ether oxygens (including phenoxy) is 7. The minimum absolute atomic E-state index is 0.00299. The fraction of sp³-hybridized carbons (Fsp3) is 0.556. The molecule has 3 unspecified atom stereocenters. The van der Waals surface area contributed by atoms with Crippen LogP contribution in [0.4, 0.5) is 29.5 Å². The molecular weight excluding hydrogens is 1810 g/mol. The number of benzene rings is 4. The van der Waals surface area contributed by atoms with E-state index < -0.39 is 20.0 Å². The summed E-state index contributed by atoms with van der Waals surface area (Å²) in [5.74, 6) is 4.79. The second-order valence-corrected chi connectivity index (χ2v) is 42.6. The summed E-state index contributed by atoms with van der Waals surface area (Å²) in [4.78, 5) is 40.3. The van der Waals surface area contributed by atoms with Crippen LogP contribution in [0.15, 0.2) is 127 Å². The first-order valence-corrected chi connectivity index (χ1v) is 52.4. The molecule has 38 nitrogen and oxygen atoms in total. The van der Waals surface area contributed by atoms with Crippen LogP contribution in [-0.4, -0.2) is 252 Å². The van der Waals surface area contributed by atoms with Gasteiger partial charge in [0.25, 0.3) is 0 Å². The Morgan fingerprint density at radius 1 is 0.446 bits per heavy atom. The zero-order chi connectivity index (χ0) is 97.7. The standard InChI is InChI=1S/C25H37N7O4S.C25H35N7O3S.C25H34N6O3.C24H33N7O/c1-17(2)22-16-27-32-23(22)29-25(30-24(32)28-18(3)19-7-6-8-20(15-19)35-5)36-14-13-31(4)37(33,34)21-9-11-26-12-10-21;1-17(2)21-16-27-32-23(21)29-25(35-19-9-8-12-26-15-19)30-24(32)28-18(3)20-10-4-5-11-22(20)36(33,34)31-13-6-7-14-31;1-16(2)21-14-27-31-22(21)29-24(34-20-13-25(33-15-20)8-10-26-11-9-25)30-23(31)28-17(3)18-6-5-7-19(12-18)32-4;1-16(2)20-15-26-31-22(20)28-24(32-18-8-6-11-25-14-18)29-23(31)27-17(3)19-9-4-5-10-21(19)30-12-7-13-30/h6-8,15-18,21,26H,9-14H2,1-5H3,(H,28,29,30);4-5,10-11,16-19,26H,6-9,12-15H2,1-3H3,(H,28,29,30);5-7,12,14,16-17,20,26H,8-11,13,15H2,1-4H3,(H,28,29,30);4-5,9-10,15-18,25H,6-8,11-14H2,1-3H3,(H,27,28,29)/t18-;18?,19-;17-,20?;17?,18-/m0101/s1. The third-order valence-corrected chi connectivity index (χ3v) is 31.4. The smallest absolute Gasteiger partial charge is 0.322 e. The van der Waals surface area contributed by atoms with Crippen LogP contribution in [0.1, 0.15) is 252 Å². The van der Waals surface area contributed by atoms with Crippen LogP contribution in [0.5, 0.6) is 35.5 Å². The lowest BCUT2D eigenvalue weighted by molar-refractivity contribution is -0.0206. The highest BCUT2D eigenvalue weighted by Gasteiger charge is 2.43. The zero-order valence-corrected chi connectivity index (χ0v) is 84.5. The van der Waals surface area contributed by atoms with Crippen LogP contribution in [-0.2, 0) is 24.8 Å². The van der Waals surface area contributed by atoms with E-state index in [1.807, 2.05) is 91.6 Å². The van der Waals surface area contributed by atoms with Crippen molar-refractivity contribution in [3.05, 3.63) is 166 Å². The number of hydrogen-bond acceptors (Lipinski definition) is 32. The van der Waals surface area contributed by atoms with Crippen LogP contribution < -0.4 is 75.9 Å². The van der Waals surface area contributed by atoms with Crippen molar-refractivity contribution in [2.24, 2.45) is 0 Å². The predicted molar refractivity (Wildman–Crippen MR) is 537 cm³/mol. The second kappa shape index (κ2) is 45.4. The molecule has 12 aromatic rings. The molecule has 7 saturated heterocycles. The number of methoxy groups -OCH3 is 2. The molecule has 0 amide bonds. The quantitative estimate of drug-likeness (QED) is 0.0189.